The van der Waals surface area contributed by atoms with E-state index in [2.05, 4.69) is 10.3 Å². The average Bonchev–Trinajstić information content (AvgIpc) is 2.90. The van der Waals surface area contributed by atoms with Crippen LogP contribution in [0.2, 0.25) is 10.0 Å². The van der Waals surface area contributed by atoms with E-state index in [1.165, 1.54) is 36.5 Å². The van der Waals surface area contributed by atoms with Gasteiger partial charge in [0.15, 0.2) is 9.84 Å². The van der Waals surface area contributed by atoms with Crippen molar-refractivity contribution in [3.05, 3.63) is 87.5 Å². The highest BCUT2D eigenvalue weighted by Gasteiger charge is 2.39. The minimum absolute atomic E-state index is 0.00445. The van der Waals surface area contributed by atoms with Gasteiger partial charge >= 0.3 is 6.09 Å². The number of hydrogen-bond donors (Lipinski definition) is 2. The molecule has 1 aliphatic heterocycles. The molecule has 0 spiro atoms. The molecule has 220 valence electrons. The Kier molecular flexibility index (Phi) is 9.13. The molecule has 3 unspecified atom stereocenters. The lowest BCUT2D eigenvalue weighted by Gasteiger charge is -2.42. The molecule has 1 saturated heterocycles. The predicted octanol–water partition coefficient (Wildman–Crippen LogP) is 6.12. The number of rotatable bonds is 7. The number of morpholine rings is 1. The second-order valence-corrected chi connectivity index (χ2v) is 13.6. The lowest BCUT2D eigenvalue weighted by atomic mass is 9.82. The van der Waals surface area contributed by atoms with E-state index in [1.54, 1.807) is 0 Å². The molecule has 1 fully saturated rings. The summed E-state index contributed by atoms with van der Waals surface area (Å²) in [4.78, 5) is 17.5. The first-order valence-corrected chi connectivity index (χ1v) is 14.9. The standard InChI is InChI=1S/C28H29Cl2F2N3O5S/c1-28(2,3)26(34-27(36)37)23-15-35(10-11-40-23)24-13-19(21(30)14-33-24)25(20-12-17(31)6-9-22(20)32)41(38,39)18-7-4-16(29)5-8-18/h4-9,12-14,23,25-26,34H,10-11,15H2,1-3H3,(H,36,37). The summed E-state index contributed by atoms with van der Waals surface area (Å²) < 4.78 is 63.4. The fourth-order valence-corrected chi connectivity index (χ4v) is 7.11. The number of sulfone groups is 1. The number of halogens is 4. The second-order valence-electron chi connectivity index (χ2n) is 10.8. The SMILES string of the molecule is CC(C)(C)C(NC(=O)O)C1CN(c2cc(C(c3cc(F)ccc3F)S(=O)(=O)c3ccc(Cl)cc3)c(Cl)cn2)CCO1. The van der Waals surface area contributed by atoms with Gasteiger partial charge in [0.25, 0.3) is 0 Å². The van der Waals surface area contributed by atoms with Crippen LogP contribution in [-0.4, -0.2) is 56.4 Å². The number of carboxylic acid groups (broad SMARTS) is 1. The van der Waals surface area contributed by atoms with Crippen LogP contribution in [0, 0.1) is 17.0 Å². The van der Waals surface area contributed by atoms with E-state index >= 15 is 4.39 Å². The molecule has 2 aromatic carbocycles. The summed E-state index contributed by atoms with van der Waals surface area (Å²) in [7, 11) is -4.39. The van der Waals surface area contributed by atoms with Crippen molar-refractivity contribution in [2.24, 2.45) is 5.41 Å². The van der Waals surface area contributed by atoms with Gasteiger partial charge in [0.1, 0.15) is 22.7 Å². The minimum Gasteiger partial charge on any atom is -0.465 e. The van der Waals surface area contributed by atoms with Gasteiger partial charge < -0.3 is 20.1 Å². The molecule has 0 saturated carbocycles. The van der Waals surface area contributed by atoms with Crippen LogP contribution in [0.25, 0.3) is 0 Å². The molecule has 0 radical (unpaired) electrons. The smallest absolute Gasteiger partial charge is 0.404 e. The summed E-state index contributed by atoms with van der Waals surface area (Å²) in [6.45, 7) is 6.47. The number of ether oxygens (including phenoxy) is 1. The molecule has 0 bridgehead atoms. The van der Waals surface area contributed by atoms with Crippen LogP contribution in [0.3, 0.4) is 0 Å². The van der Waals surface area contributed by atoms with Crippen molar-refractivity contribution in [2.75, 3.05) is 24.6 Å². The largest absolute Gasteiger partial charge is 0.465 e. The number of hydrogen-bond acceptors (Lipinski definition) is 6. The van der Waals surface area contributed by atoms with Gasteiger partial charge in [0.2, 0.25) is 0 Å². The number of nitrogens with one attached hydrogen (secondary N) is 1. The normalized spacial score (nSPS) is 17.6. The number of pyridine rings is 1. The van der Waals surface area contributed by atoms with Crippen LogP contribution >= 0.6 is 23.2 Å². The zero-order chi connectivity index (χ0) is 30.1. The van der Waals surface area contributed by atoms with E-state index in [-0.39, 0.29) is 28.6 Å². The molecule has 8 nitrogen and oxygen atoms in total. The molecular weight excluding hydrogens is 599 g/mol. The fourth-order valence-electron chi connectivity index (χ4n) is 4.88. The summed E-state index contributed by atoms with van der Waals surface area (Å²) in [5.74, 6) is -1.44. The molecule has 2 N–H and O–H groups in total. The third-order valence-electron chi connectivity index (χ3n) is 6.85. The van der Waals surface area contributed by atoms with E-state index in [1.807, 2.05) is 25.7 Å². The Balaban J connectivity index is 1.81. The van der Waals surface area contributed by atoms with Gasteiger partial charge in [-0.15, -0.1) is 0 Å². The zero-order valence-electron chi connectivity index (χ0n) is 22.4. The van der Waals surface area contributed by atoms with Crippen LogP contribution < -0.4 is 10.2 Å². The van der Waals surface area contributed by atoms with E-state index in [9.17, 15) is 22.7 Å². The van der Waals surface area contributed by atoms with Gasteiger partial charge in [-0.25, -0.2) is 27.0 Å². The van der Waals surface area contributed by atoms with Gasteiger partial charge in [-0.1, -0.05) is 44.0 Å². The lowest BCUT2D eigenvalue weighted by molar-refractivity contribution is -0.0115. The maximum Gasteiger partial charge on any atom is 0.404 e. The van der Waals surface area contributed by atoms with Crippen molar-refractivity contribution >= 4 is 45.0 Å². The molecule has 3 atom stereocenters. The molecule has 13 heteroatoms. The van der Waals surface area contributed by atoms with Gasteiger partial charge in [-0.2, -0.15) is 0 Å². The number of aromatic nitrogens is 1. The number of carbonyl (C=O) groups is 1. The Morgan fingerprint density at radius 1 is 1.12 bits per heavy atom. The van der Waals surface area contributed by atoms with Crippen molar-refractivity contribution in [2.45, 2.75) is 43.1 Å². The summed E-state index contributed by atoms with van der Waals surface area (Å²) in [6, 6.07) is 8.79. The number of amides is 1. The first-order valence-electron chi connectivity index (χ1n) is 12.6. The Morgan fingerprint density at radius 2 is 1.80 bits per heavy atom. The maximum atomic E-state index is 15.2. The van der Waals surface area contributed by atoms with Crippen LogP contribution in [0.15, 0.2) is 59.6 Å². The van der Waals surface area contributed by atoms with Gasteiger partial charge in [0, 0.05) is 29.9 Å². The van der Waals surface area contributed by atoms with E-state index in [0.717, 1.165) is 18.2 Å². The van der Waals surface area contributed by atoms with Crippen molar-refractivity contribution in [1.29, 1.82) is 0 Å². The van der Waals surface area contributed by atoms with E-state index < -0.39 is 55.9 Å². The predicted molar refractivity (Wildman–Crippen MR) is 152 cm³/mol. The fraction of sp³-hybridized carbons (Fsp3) is 0.357. The Bertz CT molecular complexity index is 1530. The summed E-state index contributed by atoms with van der Waals surface area (Å²) >= 11 is 12.5. The highest BCUT2D eigenvalue weighted by atomic mass is 35.5. The number of anilines is 1. The van der Waals surface area contributed by atoms with Gasteiger partial charge in [-0.3, -0.25) is 0 Å². The molecule has 1 amide bonds. The molecule has 4 rings (SSSR count). The lowest BCUT2D eigenvalue weighted by Crippen LogP contribution is -2.58. The first-order chi connectivity index (χ1) is 19.2. The van der Waals surface area contributed by atoms with E-state index in [4.69, 9.17) is 27.9 Å². The summed E-state index contributed by atoms with van der Waals surface area (Å²) in [5.41, 5.74) is -0.912. The van der Waals surface area contributed by atoms with Crippen LogP contribution in [0.1, 0.15) is 37.1 Å². The van der Waals surface area contributed by atoms with Crippen molar-refractivity contribution in [3.63, 3.8) is 0 Å². The molecule has 1 aromatic heterocycles. The zero-order valence-corrected chi connectivity index (χ0v) is 24.8. The van der Waals surface area contributed by atoms with Gasteiger partial charge in [-0.05, 0) is 59.5 Å². The third-order valence-corrected chi connectivity index (χ3v) is 9.47. The monoisotopic (exact) mass is 627 g/mol. The Morgan fingerprint density at radius 3 is 2.44 bits per heavy atom. The quantitative estimate of drug-likeness (QED) is 0.325. The van der Waals surface area contributed by atoms with Crippen LogP contribution in [-0.2, 0) is 14.6 Å². The van der Waals surface area contributed by atoms with Crippen LogP contribution in [0.5, 0.6) is 0 Å². The summed E-state index contributed by atoms with van der Waals surface area (Å²) in [6.07, 6.45) is -0.491. The number of nitrogens with zero attached hydrogens (tertiary/aromatic N) is 2. The molecular formula is C28H29Cl2F2N3O5S. The first kappa shape index (κ1) is 31.0. The second kappa shape index (κ2) is 12.1. The average molecular weight is 629 g/mol. The summed E-state index contributed by atoms with van der Waals surface area (Å²) in [5, 5.41) is 10.4. The Labute approximate surface area is 247 Å². The van der Waals surface area contributed by atoms with Crippen molar-refractivity contribution in [1.82, 2.24) is 10.3 Å². The van der Waals surface area contributed by atoms with Crippen LogP contribution in [0.4, 0.5) is 19.4 Å². The minimum atomic E-state index is -4.39. The highest BCUT2D eigenvalue weighted by Crippen LogP contribution is 2.41. The van der Waals surface area contributed by atoms with Crippen molar-refractivity contribution in [3.8, 4) is 0 Å². The van der Waals surface area contributed by atoms with Gasteiger partial charge in [0.05, 0.1) is 28.7 Å². The highest BCUT2D eigenvalue weighted by molar-refractivity contribution is 7.92. The topological polar surface area (TPSA) is 109 Å². The molecule has 41 heavy (non-hydrogen) atoms. The maximum absolute atomic E-state index is 15.2. The molecule has 0 aliphatic carbocycles. The molecule has 3 aromatic rings. The van der Waals surface area contributed by atoms with Crippen molar-refractivity contribution < 1.29 is 31.8 Å². The third kappa shape index (κ3) is 6.91. The number of benzene rings is 2. The Hall–Kier alpha value is -2.99. The molecule has 1 aliphatic rings. The van der Waals surface area contributed by atoms with E-state index in [0.29, 0.717) is 17.4 Å². The molecule has 2 heterocycles.